The molecule has 160 valence electrons. The molecule has 0 unspecified atom stereocenters. The Bertz CT molecular complexity index is 578. The molecule has 1 aliphatic rings. The van der Waals surface area contributed by atoms with Crippen LogP contribution in [0, 0.1) is 11.8 Å². The van der Waals surface area contributed by atoms with Gasteiger partial charge in [0.05, 0.1) is 18.4 Å². The highest BCUT2D eigenvalue weighted by Gasteiger charge is 2.37. The molecule has 1 rings (SSSR count). The van der Waals surface area contributed by atoms with Crippen molar-refractivity contribution >= 4 is 36.5 Å². The molecule has 9 nitrogen and oxygen atoms in total. The summed E-state index contributed by atoms with van der Waals surface area (Å²) in [5.41, 5.74) is -0.700. The van der Waals surface area contributed by atoms with Crippen molar-refractivity contribution in [3.63, 3.8) is 0 Å². The summed E-state index contributed by atoms with van der Waals surface area (Å²) in [6.07, 6.45) is 1.68. The maximum Gasteiger partial charge on any atom is 0.407 e. The number of alkyl carbamates (subject to hydrolysis) is 1. The van der Waals surface area contributed by atoms with Crippen molar-refractivity contribution in [2.24, 2.45) is 11.8 Å². The third-order valence-corrected chi connectivity index (χ3v) is 4.54. The molecule has 0 bridgehead atoms. The predicted molar refractivity (Wildman–Crippen MR) is 106 cm³/mol. The average molecular weight is 418 g/mol. The van der Waals surface area contributed by atoms with E-state index >= 15 is 0 Å². The standard InChI is InChI=1S/C18H31N3O6S/c1-18(2,3)27-17(26)20-10-13(15(23)19-8-9-28)21-14(22)11-6-4-5-7-12(11)16(24)25/h11-13,28H,4-10H2,1-3H3,(H,19,23)(H,20,26)(H,21,22)(H,24,25)/t11-,12+,13+/m1/s1. The molecule has 1 fully saturated rings. The molecule has 3 atom stereocenters. The van der Waals surface area contributed by atoms with E-state index in [-0.39, 0.29) is 6.54 Å². The van der Waals surface area contributed by atoms with Crippen molar-refractivity contribution in [1.82, 2.24) is 16.0 Å². The van der Waals surface area contributed by atoms with Gasteiger partial charge in [-0.25, -0.2) is 4.79 Å². The van der Waals surface area contributed by atoms with Crippen LogP contribution in [0.3, 0.4) is 0 Å². The summed E-state index contributed by atoms with van der Waals surface area (Å²) in [6, 6.07) is -1.05. The second kappa shape index (κ2) is 11.1. The van der Waals surface area contributed by atoms with Crippen molar-refractivity contribution in [2.75, 3.05) is 18.8 Å². The number of carbonyl (C=O) groups excluding carboxylic acids is 3. The molecule has 4 N–H and O–H groups in total. The molecule has 0 radical (unpaired) electrons. The summed E-state index contributed by atoms with van der Waals surface area (Å²) >= 11 is 4.03. The average Bonchev–Trinajstić information content (AvgIpc) is 2.61. The maximum atomic E-state index is 12.7. The van der Waals surface area contributed by atoms with E-state index in [0.29, 0.717) is 25.1 Å². The van der Waals surface area contributed by atoms with Gasteiger partial charge in [0.2, 0.25) is 11.8 Å². The molecule has 0 aromatic carbocycles. The molecule has 0 aliphatic heterocycles. The number of hydrogen-bond acceptors (Lipinski definition) is 6. The van der Waals surface area contributed by atoms with Gasteiger partial charge in [-0.2, -0.15) is 12.6 Å². The highest BCUT2D eigenvalue weighted by atomic mass is 32.1. The first-order chi connectivity index (χ1) is 13.0. The second-order valence-corrected chi connectivity index (χ2v) is 8.24. The lowest BCUT2D eigenvalue weighted by Crippen LogP contribution is -2.55. The molecule has 0 spiro atoms. The first-order valence-corrected chi connectivity index (χ1v) is 10.1. The van der Waals surface area contributed by atoms with E-state index in [0.717, 1.165) is 12.8 Å². The van der Waals surface area contributed by atoms with Gasteiger partial charge in [0.15, 0.2) is 0 Å². The monoisotopic (exact) mass is 417 g/mol. The van der Waals surface area contributed by atoms with Gasteiger partial charge in [0.1, 0.15) is 11.6 Å². The molecule has 10 heteroatoms. The quantitative estimate of drug-likeness (QED) is 0.373. The van der Waals surface area contributed by atoms with Gasteiger partial charge >= 0.3 is 12.1 Å². The Labute approximate surface area is 170 Å². The molecule has 0 heterocycles. The number of ether oxygens (including phenoxy) is 1. The molecule has 0 saturated heterocycles. The molecule has 0 aromatic rings. The minimum absolute atomic E-state index is 0.177. The third kappa shape index (κ3) is 8.37. The lowest BCUT2D eigenvalue weighted by molar-refractivity contribution is -0.149. The number of nitrogens with one attached hydrogen (secondary N) is 3. The molecule has 3 amide bonds. The number of aliphatic carboxylic acids is 1. The first-order valence-electron chi connectivity index (χ1n) is 9.43. The number of hydrogen-bond donors (Lipinski definition) is 5. The highest BCUT2D eigenvalue weighted by molar-refractivity contribution is 7.80. The highest BCUT2D eigenvalue weighted by Crippen LogP contribution is 2.30. The Kier molecular flexibility index (Phi) is 9.57. The van der Waals surface area contributed by atoms with Crippen LogP contribution in [0.25, 0.3) is 0 Å². The molecule has 1 aliphatic carbocycles. The smallest absolute Gasteiger partial charge is 0.407 e. The molecule has 28 heavy (non-hydrogen) atoms. The van der Waals surface area contributed by atoms with Gasteiger partial charge in [0, 0.05) is 12.3 Å². The van der Waals surface area contributed by atoms with Crippen LogP contribution in [-0.4, -0.2) is 59.5 Å². The van der Waals surface area contributed by atoms with Gasteiger partial charge in [-0.05, 0) is 33.6 Å². The zero-order valence-electron chi connectivity index (χ0n) is 16.6. The lowest BCUT2D eigenvalue weighted by Gasteiger charge is -2.29. The molecular weight excluding hydrogens is 386 g/mol. The van der Waals surface area contributed by atoms with E-state index in [1.165, 1.54) is 0 Å². The van der Waals surface area contributed by atoms with E-state index in [4.69, 9.17) is 4.74 Å². The van der Waals surface area contributed by atoms with E-state index in [9.17, 15) is 24.3 Å². The minimum atomic E-state index is -1.05. The van der Waals surface area contributed by atoms with Gasteiger partial charge in [-0.3, -0.25) is 14.4 Å². The Balaban J connectivity index is 2.78. The Hall–Kier alpha value is -1.97. The zero-order valence-corrected chi connectivity index (χ0v) is 17.5. The summed E-state index contributed by atoms with van der Waals surface area (Å²) in [7, 11) is 0. The fourth-order valence-electron chi connectivity index (χ4n) is 3.03. The largest absolute Gasteiger partial charge is 0.481 e. The topological polar surface area (TPSA) is 134 Å². The number of carboxylic acids is 1. The summed E-state index contributed by atoms with van der Waals surface area (Å²) in [5.74, 6) is -3.05. The Morgan fingerprint density at radius 1 is 1.11 bits per heavy atom. The summed E-state index contributed by atoms with van der Waals surface area (Å²) in [6.45, 7) is 5.24. The van der Waals surface area contributed by atoms with Gasteiger partial charge < -0.3 is 25.8 Å². The normalized spacial score (nSPS) is 20.6. The second-order valence-electron chi connectivity index (χ2n) is 7.79. The Morgan fingerprint density at radius 2 is 1.71 bits per heavy atom. The van der Waals surface area contributed by atoms with Crippen molar-refractivity contribution in [1.29, 1.82) is 0 Å². The van der Waals surface area contributed by atoms with E-state index in [1.807, 2.05) is 0 Å². The predicted octanol–water partition coefficient (Wildman–Crippen LogP) is 0.933. The zero-order chi connectivity index (χ0) is 21.3. The minimum Gasteiger partial charge on any atom is -0.481 e. The summed E-state index contributed by atoms with van der Waals surface area (Å²) < 4.78 is 5.13. The van der Waals surface area contributed by atoms with E-state index in [2.05, 4.69) is 28.6 Å². The van der Waals surface area contributed by atoms with E-state index < -0.39 is 47.4 Å². The lowest BCUT2D eigenvalue weighted by atomic mass is 9.78. The van der Waals surface area contributed by atoms with Crippen molar-refractivity contribution in [3.8, 4) is 0 Å². The Morgan fingerprint density at radius 3 is 2.25 bits per heavy atom. The van der Waals surface area contributed by atoms with Crippen LogP contribution in [0.4, 0.5) is 4.79 Å². The number of carbonyl (C=O) groups is 4. The number of amides is 3. The van der Waals surface area contributed by atoms with Gasteiger partial charge in [0.25, 0.3) is 0 Å². The van der Waals surface area contributed by atoms with Gasteiger partial charge in [-0.1, -0.05) is 12.8 Å². The van der Waals surface area contributed by atoms with E-state index in [1.54, 1.807) is 20.8 Å². The van der Waals surface area contributed by atoms with Gasteiger partial charge in [-0.15, -0.1) is 0 Å². The summed E-state index contributed by atoms with van der Waals surface area (Å²) in [4.78, 5) is 48.3. The number of rotatable bonds is 8. The number of carboxylic acid groups (broad SMARTS) is 1. The first kappa shape index (κ1) is 24.1. The van der Waals surface area contributed by atoms with Crippen LogP contribution < -0.4 is 16.0 Å². The summed E-state index contributed by atoms with van der Waals surface area (Å²) in [5, 5.41) is 17.0. The van der Waals surface area contributed by atoms with Crippen LogP contribution in [0.5, 0.6) is 0 Å². The molecule has 1 saturated carbocycles. The maximum absolute atomic E-state index is 12.7. The number of thiol groups is 1. The molecular formula is C18H31N3O6S. The van der Waals surface area contributed by atoms with Crippen molar-refractivity contribution in [3.05, 3.63) is 0 Å². The van der Waals surface area contributed by atoms with Crippen molar-refractivity contribution < 1.29 is 29.0 Å². The van der Waals surface area contributed by atoms with Crippen LogP contribution in [0.1, 0.15) is 46.5 Å². The van der Waals surface area contributed by atoms with Crippen LogP contribution in [0.15, 0.2) is 0 Å². The van der Waals surface area contributed by atoms with Crippen LogP contribution >= 0.6 is 12.6 Å². The third-order valence-electron chi connectivity index (χ3n) is 4.31. The fraction of sp³-hybridized carbons (Fsp3) is 0.778. The van der Waals surface area contributed by atoms with Crippen molar-refractivity contribution in [2.45, 2.75) is 58.1 Å². The fourth-order valence-corrected chi connectivity index (χ4v) is 3.14. The molecule has 0 aromatic heterocycles. The van der Waals surface area contributed by atoms with Crippen LogP contribution in [-0.2, 0) is 19.1 Å². The van der Waals surface area contributed by atoms with Crippen LogP contribution in [0.2, 0.25) is 0 Å². The SMILES string of the molecule is CC(C)(C)OC(=O)NC[C@H](NC(=O)[C@@H]1CCCC[C@@H]1C(=O)O)C(=O)NCCS.